The first kappa shape index (κ1) is 21.3. The summed E-state index contributed by atoms with van der Waals surface area (Å²) in [6, 6.07) is 15.5. The molecule has 31 heavy (non-hydrogen) atoms. The number of hydrogen-bond donors (Lipinski definition) is 1. The van der Waals surface area contributed by atoms with Crippen LogP contribution >= 0.6 is 11.3 Å². The summed E-state index contributed by atoms with van der Waals surface area (Å²) in [5.41, 5.74) is 2.71. The molecule has 2 heterocycles. The normalized spacial score (nSPS) is 14.9. The fourth-order valence-corrected chi connectivity index (χ4v) is 4.71. The molecule has 162 valence electrons. The molecule has 1 amide bonds. The fraction of sp³-hybridized carbons (Fsp3) is 0.333. The summed E-state index contributed by atoms with van der Waals surface area (Å²) in [6.07, 6.45) is 1.89. The van der Waals surface area contributed by atoms with E-state index in [1.165, 1.54) is 0 Å². The largest absolute Gasteiger partial charge is 0.493 e. The second-order valence-electron chi connectivity index (χ2n) is 7.57. The molecule has 3 aromatic rings. The van der Waals surface area contributed by atoms with Crippen molar-refractivity contribution < 1.29 is 14.3 Å². The Morgan fingerprint density at radius 3 is 2.58 bits per heavy atom. The van der Waals surface area contributed by atoms with Crippen LogP contribution in [0.4, 0.5) is 0 Å². The first-order valence-electron chi connectivity index (χ1n) is 10.4. The van der Waals surface area contributed by atoms with Crippen LogP contribution in [0.3, 0.4) is 0 Å². The molecule has 0 unspecified atom stereocenters. The molecule has 1 N–H and O–H groups in total. The van der Waals surface area contributed by atoms with E-state index in [2.05, 4.69) is 15.6 Å². The molecule has 1 fully saturated rings. The molecule has 1 saturated heterocycles. The molecule has 0 radical (unpaired) electrons. The summed E-state index contributed by atoms with van der Waals surface area (Å²) in [4.78, 5) is 19.6. The first-order valence-corrected chi connectivity index (χ1v) is 11.3. The van der Waals surface area contributed by atoms with Crippen molar-refractivity contribution in [2.45, 2.75) is 25.4 Å². The number of ether oxygens (including phenoxy) is 2. The monoisotopic (exact) mass is 437 g/mol. The van der Waals surface area contributed by atoms with E-state index in [9.17, 15) is 4.79 Å². The van der Waals surface area contributed by atoms with E-state index in [-0.39, 0.29) is 11.9 Å². The Hall–Kier alpha value is -2.90. The SMILES string of the molecule is COc1cccc(-c2nc(CN3CCC(NC(=O)c4ccccc4)CC3)cs2)c1OC. The van der Waals surface area contributed by atoms with Gasteiger partial charge in [0.05, 0.1) is 25.5 Å². The maximum absolute atomic E-state index is 12.4. The zero-order chi connectivity index (χ0) is 21.6. The number of nitrogens with one attached hydrogen (secondary N) is 1. The Labute approximate surface area is 186 Å². The Morgan fingerprint density at radius 2 is 1.87 bits per heavy atom. The maximum Gasteiger partial charge on any atom is 0.251 e. The van der Waals surface area contributed by atoms with Crippen molar-refractivity contribution in [1.29, 1.82) is 0 Å². The Bertz CT molecular complexity index is 1010. The van der Waals surface area contributed by atoms with Crippen molar-refractivity contribution in [3.8, 4) is 22.1 Å². The lowest BCUT2D eigenvalue weighted by Gasteiger charge is -2.31. The van der Waals surface area contributed by atoms with Crippen LogP contribution in [0, 0.1) is 0 Å². The number of thiazole rings is 1. The molecule has 0 spiro atoms. The summed E-state index contributed by atoms with van der Waals surface area (Å²) < 4.78 is 11.0. The van der Waals surface area contributed by atoms with E-state index < -0.39 is 0 Å². The van der Waals surface area contributed by atoms with Gasteiger partial charge in [-0.2, -0.15) is 0 Å². The highest BCUT2D eigenvalue weighted by molar-refractivity contribution is 7.13. The Morgan fingerprint density at radius 1 is 1.10 bits per heavy atom. The molecule has 6 nitrogen and oxygen atoms in total. The van der Waals surface area contributed by atoms with Gasteiger partial charge in [0.25, 0.3) is 5.91 Å². The van der Waals surface area contributed by atoms with E-state index >= 15 is 0 Å². The van der Waals surface area contributed by atoms with Gasteiger partial charge in [0.15, 0.2) is 11.5 Å². The molecule has 1 aromatic heterocycles. The van der Waals surface area contributed by atoms with Gasteiger partial charge in [-0.1, -0.05) is 24.3 Å². The van der Waals surface area contributed by atoms with Crippen LogP contribution in [0.15, 0.2) is 53.9 Å². The number of hydrogen-bond acceptors (Lipinski definition) is 6. The second-order valence-corrected chi connectivity index (χ2v) is 8.43. The van der Waals surface area contributed by atoms with E-state index in [4.69, 9.17) is 14.5 Å². The van der Waals surface area contributed by atoms with E-state index in [1.54, 1.807) is 25.6 Å². The van der Waals surface area contributed by atoms with Crippen LogP contribution < -0.4 is 14.8 Å². The number of piperidine rings is 1. The Balaban J connectivity index is 1.33. The first-order chi connectivity index (χ1) is 15.2. The minimum Gasteiger partial charge on any atom is -0.493 e. The van der Waals surface area contributed by atoms with E-state index in [0.29, 0.717) is 17.1 Å². The number of aromatic nitrogens is 1. The summed E-state index contributed by atoms with van der Waals surface area (Å²) in [7, 11) is 3.29. The van der Waals surface area contributed by atoms with Crippen molar-refractivity contribution in [2.24, 2.45) is 0 Å². The highest BCUT2D eigenvalue weighted by Gasteiger charge is 2.22. The third-order valence-corrected chi connectivity index (χ3v) is 6.45. The minimum atomic E-state index is 0.00966. The molecule has 2 aromatic carbocycles. The molecular formula is C24H27N3O3S. The average Bonchev–Trinajstić information content (AvgIpc) is 3.28. The number of carbonyl (C=O) groups excluding carboxylic acids is 1. The molecule has 1 aliphatic heterocycles. The molecule has 4 rings (SSSR count). The number of benzene rings is 2. The van der Waals surface area contributed by atoms with Crippen LogP contribution in [-0.4, -0.2) is 49.1 Å². The summed E-state index contributed by atoms with van der Waals surface area (Å²) in [5.74, 6) is 1.42. The number of para-hydroxylation sites is 1. The minimum absolute atomic E-state index is 0.00966. The van der Waals surface area contributed by atoms with Crippen molar-refractivity contribution in [3.63, 3.8) is 0 Å². The lowest BCUT2D eigenvalue weighted by atomic mass is 10.0. The van der Waals surface area contributed by atoms with Crippen LogP contribution in [-0.2, 0) is 6.54 Å². The molecular weight excluding hydrogens is 410 g/mol. The van der Waals surface area contributed by atoms with Crippen LogP contribution in [0.2, 0.25) is 0 Å². The van der Waals surface area contributed by atoms with Gasteiger partial charge in [0.2, 0.25) is 0 Å². The zero-order valence-electron chi connectivity index (χ0n) is 17.8. The van der Waals surface area contributed by atoms with E-state index in [0.717, 1.165) is 48.7 Å². The number of amides is 1. The van der Waals surface area contributed by atoms with Crippen LogP contribution in [0.1, 0.15) is 28.9 Å². The van der Waals surface area contributed by atoms with Gasteiger partial charge < -0.3 is 14.8 Å². The van der Waals surface area contributed by atoms with Gasteiger partial charge >= 0.3 is 0 Å². The molecule has 1 aliphatic rings. The fourth-order valence-electron chi connectivity index (χ4n) is 3.88. The van der Waals surface area contributed by atoms with Gasteiger partial charge in [0, 0.05) is 36.6 Å². The lowest BCUT2D eigenvalue weighted by molar-refractivity contribution is 0.0908. The van der Waals surface area contributed by atoms with Gasteiger partial charge in [0.1, 0.15) is 5.01 Å². The van der Waals surface area contributed by atoms with Gasteiger partial charge in [-0.25, -0.2) is 4.98 Å². The molecule has 0 bridgehead atoms. The number of carbonyl (C=O) groups is 1. The number of rotatable bonds is 7. The van der Waals surface area contributed by atoms with Crippen LogP contribution in [0.5, 0.6) is 11.5 Å². The maximum atomic E-state index is 12.4. The molecule has 0 aliphatic carbocycles. The highest BCUT2D eigenvalue weighted by Crippen LogP contribution is 2.39. The third-order valence-electron chi connectivity index (χ3n) is 5.53. The molecule has 7 heteroatoms. The average molecular weight is 438 g/mol. The Kier molecular flexibility index (Phi) is 6.84. The quantitative estimate of drug-likeness (QED) is 0.600. The topological polar surface area (TPSA) is 63.7 Å². The highest BCUT2D eigenvalue weighted by atomic mass is 32.1. The molecule has 0 atom stereocenters. The summed E-state index contributed by atoms with van der Waals surface area (Å²) in [6.45, 7) is 2.69. The summed E-state index contributed by atoms with van der Waals surface area (Å²) in [5, 5.41) is 6.20. The predicted octanol–water partition coefficient (Wildman–Crippen LogP) is 4.22. The third kappa shape index (κ3) is 5.06. The lowest BCUT2D eigenvalue weighted by Crippen LogP contribution is -2.44. The smallest absolute Gasteiger partial charge is 0.251 e. The van der Waals surface area contributed by atoms with Gasteiger partial charge in [-0.15, -0.1) is 11.3 Å². The van der Waals surface area contributed by atoms with Crippen molar-refractivity contribution in [3.05, 3.63) is 65.2 Å². The standard InChI is InChI=1S/C24H27N3O3S/c1-29-21-10-6-9-20(22(21)30-2)24-26-19(16-31-24)15-27-13-11-18(12-14-27)25-23(28)17-7-4-3-5-8-17/h3-10,16,18H,11-15H2,1-2H3,(H,25,28). The second kappa shape index (κ2) is 9.94. The van der Waals surface area contributed by atoms with Gasteiger partial charge in [-0.3, -0.25) is 9.69 Å². The number of nitrogens with zero attached hydrogens (tertiary/aromatic N) is 2. The van der Waals surface area contributed by atoms with Crippen LogP contribution in [0.25, 0.3) is 10.6 Å². The van der Waals surface area contributed by atoms with Gasteiger partial charge in [-0.05, 0) is 37.1 Å². The van der Waals surface area contributed by atoms with Crippen molar-refractivity contribution >= 4 is 17.2 Å². The number of likely N-dealkylation sites (tertiary alicyclic amines) is 1. The zero-order valence-corrected chi connectivity index (χ0v) is 18.7. The number of methoxy groups -OCH3 is 2. The molecule has 0 saturated carbocycles. The predicted molar refractivity (Wildman–Crippen MR) is 123 cm³/mol. The van der Waals surface area contributed by atoms with Crippen molar-refractivity contribution in [1.82, 2.24) is 15.2 Å². The summed E-state index contributed by atoms with van der Waals surface area (Å²) >= 11 is 1.62. The van der Waals surface area contributed by atoms with E-state index in [1.807, 2.05) is 48.5 Å². The van der Waals surface area contributed by atoms with Crippen molar-refractivity contribution in [2.75, 3.05) is 27.3 Å².